The number of aryl methyl sites for hydroxylation is 1. The van der Waals surface area contributed by atoms with Crippen LogP contribution in [0.1, 0.15) is 28.5 Å². The van der Waals surface area contributed by atoms with Crippen molar-refractivity contribution < 1.29 is 4.79 Å². The SMILES string of the molecule is CC(=O)c1cc2ccccc2nc1C.NCc1ccccc1. The Morgan fingerprint density at radius 1 is 1.05 bits per heavy atom. The summed E-state index contributed by atoms with van der Waals surface area (Å²) in [6.45, 7) is 4.07. The van der Waals surface area contributed by atoms with Gasteiger partial charge in [0.15, 0.2) is 5.78 Å². The Bertz CT molecular complexity index is 767. The monoisotopic (exact) mass is 292 g/mol. The molecule has 112 valence electrons. The number of benzene rings is 2. The molecule has 0 radical (unpaired) electrons. The van der Waals surface area contributed by atoms with Crippen LogP contribution in [0.5, 0.6) is 0 Å². The molecular formula is C19H20N2O. The Morgan fingerprint density at radius 3 is 2.27 bits per heavy atom. The van der Waals surface area contributed by atoms with Gasteiger partial charge in [-0.25, -0.2) is 0 Å². The summed E-state index contributed by atoms with van der Waals surface area (Å²) in [5.74, 6) is 0.0701. The topological polar surface area (TPSA) is 56.0 Å². The number of carbonyl (C=O) groups is 1. The van der Waals surface area contributed by atoms with E-state index in [-0.39, 0.29) is 5.78 Å². The molecule has 0 aliphatic carbocycles. The zero-order chi connectivity index (χ0) is 15.9. The summed E-state index contributed by atoms with van der Waals surface area (Å²) in [5.41, 5.74) is 8.99. The van der Waals surface area contributed by atoms with Gasteiger partial charge in [0.05, 0.1) is 5.52 Å². The van der Waals surface area contributed by atoms with E-state index in [1.165, 1.54) is 5.56 Å². The smallest absolute Gasteiger partial charge is 0.161 e. The van der Waals surface area contributed by atoms with Crippen LogP contribution < -0.4 is 5.73 Å². The molecule has 0 unspecified atom stereocenters. The molecule has 2 N–H and O–H groups in total. The van der Waals surface area contributed by atoms with E-state index < -0.39 is 0 Å². The minimum absolute atomic E-state index is 0.0701. The van der Waals surface area contributed by atoms with Gasteiger partial charge < -0.3 is 5.73 Å². The van der Waals surface area contributed by atoms with Gasteiger partial charge in [-0.05, 0) is 31.5 Å². The van der Waals surface area contributed by atoms with E-state index in [2.05, 4.69) is 4.98 Å². The molecule has 3 nitrogen and oxygen atoms in total. The molecule has 0 amide bonds. The minimum Gasteiger partial charge on any atom is -0.326 e. The normalized spacial score (nSPS) is 9.95. The van der Waals surface area contributed by atoms with E-state index >= 15 is 0 Å². The summed E-state index contributed by atoms with van der Waals surface area (Å²) in [7, 11) is 0. The van der Waals surface area contributed by atoms with Gasteiger partial charge in [-0.3, -0.25) is 9.78 Å². The lowest BCUT2D eigenvalue weighted by atomic mass is 10.1. The zero-order valence-electron chi connectivity index (χ0n) is 12.9. The average Bonchev–Trinajstić information content (AvgIpc) is 2.55. The number of Topliss-reactive ketones (excluding diaryl/α,β-unsaturated/α-hetero) is 1. The number of fused-ring (bicyclic) bond motifs is 1. The molecule has 0 atom stereocenters. The molecule has 2 aromatic carbocycles. The van der Waals surface area contributed by atoms with E-state index in [1.54, 1.807) is 6.92 Å². The third-order valence-corrected chi connectivity index (χ3v) is 3.37. The van der Waals surface area contributed by atoms with Gasteiger partial charge in [0.25, 0.3) is 0 Å². The highest BCUT2D eigenvalue weighted by atomic mass is 16.1. The summed E-state index contributed by atoms with van der Waals surface area (Å²) in [5, 5.41) is 1.02. The van der Waals surface area contributed by atoms with E-state index in [0.717, 1.165) is 16.6 Å². The van der Waals surface area contributed by atoms with Gasteiger partial charge in [-0.2, -0.15) is 0 Å². The number of ketones is 1. The lowest BCUT2D eigenvalue weighted by Crippen LogP contribution is -1.98. The number of rotatable bonds is 2. The molecule has 0 saturated carbocycles. The fraction of sp³-hybridized carbons (Fsp3) is 0.158. The molecule has 3 rings (SSSR count). The molecule has 1 heterocycles. The highest BCUT2D eigenvalue weighted by molar-refractivity contribution is 5.98. The number of pyridine rings is 1. The van der Waals surface area contributed by atoms with Crippen molar-refractivity contribution >= 4 is 16.7 Å². The maximum absolute atomic E-state index is 11.3. The molecule has 1 aromatic heterocycles. The van der Waals surface area contributed by atoms with Gasteiger partial charge in [0.2, 0.25) is 0 Å². The van der Waals surface area contributed by atoms with Crippen molar-refractivity contribution in [3.8, 4) is 0 Å². The van der Waals surface area contributed by atoms with Crippen LogP contribution in [0.3, 0.4) is 0 Å². The quantitative estimate of drug-likeness (QED) is 0.729. The maximum Gasteiger partial charge on any atom is 0.161 e. The fourth-order valence-corrected chi connectivity index (χ4v) is 2.18. The summed E-state index contributed by atoms with van der Waals surface area (Å²) < 4.78 is 0. The van der Waals surface area contributed by atoms with Crippen LogP contribution >= 0.6 is 0 Å². The van der Waals surface area contributed by atoms with Gasteiger partial charge in [0.1, 0.15) is 0 Å². The van der Waals surface area contributed by atoms with E-state index in [9.17, 15) is 4.79 Å². The maximum atomic E-state index is 11.3. The Morgan fingerprint density at radius 2 is 1.68 bits per heavy atom. The van der Waals surface area contributed by atoms with Crippen LogP contribution in [-0.2, 0) is 6.54 Å². The number of nitrogens with two attached hydrogens (primary N) is 1. The van der Waals surface area contributed by atoms with E-state index in [4.69, 9.17) is 5.73 Å². The first-order valence-electron chi connectivity index (χ1n) is 7.23. The second kappa shape index (κ2) is 7.48. The standard InChI is InChI=1S/C12H11NO.C7H9N/c1-8-11(9(2)14)7-10-5-3-4-6-12(10)13-8;8-6-7-4-2-1-3-5-7/h3-7H,1-2H3;1-5H,6,8H2. The summed E-state index contributed by atoms with van der Waals surface area (Å²) in [6, 6.07) is 19.7. The Kier molecular flexibility index (Phi) is 5.39. The zero-order valence-corrected chi connectivity index (χ0v) is 12.9. The first-order chi connectivity index (χ1) is 10.6. The van der Waals surface area contributed by atoms with Crippen molar-refractivity contribution in [3.05, 3.63) is 77.5 Å². The first-order valence-corrected chi connectivity index (χ1v) is 7.23. The van der Waals surface area contributed by atoms with Gasteiger partial charge in [-0.15, -0.1) is 0 Å². The van der Waals surface area contributed by atoms with Gasteiger partial charge >= 0.3 is 0 Å². The molecule has 0 aliphatic heterocycles. The highest BCUT2D eigenvalue weighted by Gasteiger charge is 2.06. The second-order valence-electron chi connectivity index (χ2n) is 5.06. The molecule has 3 heteroatoms. The predicted molar refractivity (Wildman–Crippen MR) is 90.8 cm³/mol. The number of hydrogen-bond acceptors (Lipinski definition) is 3. The summed E-state index contributed by atoms with van der Waals surface area (Å²) in [4.78, 5) is 15.6. The lowest BCUT2D eigenvalue weighted by Gasteiger charge is -2.03. The number of nitrogens with zero attached hydrogens (tertiary/aromatic N) is 1. The Labute approximate surface area is 130 Å². The van der Waals surface area contributed by atoms with Crippen molar-refractivity contribution in [2.24, 2.45) is 5.73 Å². The van der Waals surface area contributed by atoms with Crippen molar-refractivity contribution in [2.75, 3.05) is 0 Å². The van der Waals surface area contributed by atoms with Crippen molar-refractivity contribution in [2.45, 2.75) is 20.4 Å². The van der Waals surface area contributed by atoms with Crippen LogP contribution in [0.4, 0.5) is 0 Å². The van der Waals surface area contributed by atoms with Gasteiger partial charge in [0, 0.05) is 23.2 Å². The third-order valence-electron chi connectivity index (χ3n) is 3.37. The summed E-state index contributed by atoms with van der Waals surface area (Å²) >= 11 is 0. The van der Waals surface area contributed by atoms with Gasteiger partial charge in [-0.1, -0.05) is 48.5 Å². The molecule has 22 heavy (non-hydrogen) atoms. The predicted octanol–water partition coefficient (Wildman–Crippen LogP) is 3.89. The molecule has 0 spiro atoms. The summed E-state index contributed by atoms with van der Waals surface area (Å²) in [6.07, 6.45) is 0. The van der Waals surface area contributed by atoms with E-state index in [0.29, 0.717) is 12.1 Å². The van der Waals surface area contributed by atoms with Crippen molar-refractivity contribution in [1.82, 2.24) is 4.98 Å². The van der Waals surface area contributed by atoms with Crippen molar-refractivity contribution in [1.29, 1.82) is 0 Å². The van der Waals surface area contributed by atoms with Crippen LogP contribution in [-0.4, -0.2) is 10.8 Å². The van der Waals surface area contributed by atoms with Crippen LogP contribution in [0, 0.1) is 6.92 Å². The number of carbonyl (C=O) groups excluding carboxylic acids is 1. The third kappa shape index (κ3) is 3.99. The van der Waals surface area contributed by atoms with Crippen molar-refractivity contribution in [3.63, 3.8) is 0 Å². The lowest BCUT2D eigenvalue weighted by molar-refractivity contribution is 0.101. The Hall–Kier alpha value is -2.52. The van der Waals surface area contributed by atoms with Crippen LogP contribution in [0.2, 0.25) is 0 Å². The molecule has 0 saturated heterocycles. The number of hydrogen-bond donors (Lipinski definition) is 1. The molecule has 0 bridgehead atoms. The fourth-order valence-electron chi connectivity index (χ4n) is 2.18. The molecule has 0 aliphatic rings. The van der Waals surface area contributed by atoms with E-state index in [1.807, 2.05) is 67.6 Å². The molecule has 3 aromatic rings. The number of para-hydroxylation sites is 1. The number of aromatic nitrogens is 1. The molecular weight excluding hydrogens is 272 g/mol. The minimum atomic E-state index is 0.0701. The average molecular weight is 292 g/mol. The van der Waals surface area contributed by atoms with Crippen LogP contribution in [0.25, 0.3) is 10.9 Å². The first kappa shape index (κ1) is 15.9. The highest BCUT2D eigenvalue weighted by Crippen LogP contribution is 2.16. The second-order valence-corrected chi connectivity index (χ2v) is 5.06. The largest absolute Gasteiger partial charge is 0.326 e. The van der Waals surface area contributed by atoms with Crippen LogP contribution in [0.15, 0.2) is 60.7 Å². The Balaban J connectivity index is 0.000000188. The molecule has 0 fully saturated rings.